The van der Waals surface area contributed by atoms with Crippen molar-refractivity contribution in [1.29, 1.82) is 0 Å². The molecule has 0 bridgehead atoms. The second-order valence-corrected chi connectivity index (χ2v) is 2.92. The molecule has 62 valence electrons. The third kappa shape index (κ3) is 2.03. The van der Waals surface area contributed by atoms with Gasteiger partial charge in [0.2, 0.25) is 7.98 Å². The van der Waals surface area contributed by atoms with Gasteiger partial charge in [0, 0.05) is 5.70 Å². The molecule has 0 aromatic rings. The fourth-order valence-electron chi connectivity index (χ4n) is 1.30. The lowest BCUT2D eigenvalue weighted by Gasteiger charge is -2.17. The number of rotatable bonds is 2. The van der Waals surface area contributed by atoms with E-state index < -0.39 is 0 Å². The highest BCUT2D eigenvalue weighted by Gasteiger charge is 2.02. The van der Waals surface area contributed by atoms with E-state index in [0.29, 0.717) is 0 Å². The average Bonchev–Trinajstić information content (AvgIpc) is 2.27. The summed E-state index contributed by atoms with van der Waals surface area (Å²) < 4.78 is 0. The number of hydrogen-bond donors (Lipinski definition) is 0. The first-order valence-corrected chi connectivity index (χ1v) is 4.30. The molecule has 0 saturated heterocycles. The number of allylic oxidation sites excluding steroid dienone is 5. The molecule has 2 heteroatoms. The van der Waals surface area contributed by atoms with E-state index in [4.69, 9.17) is 7.98 Å². The molecule has 0 aliphatic heterocycles. The summed E-state index contributed by atoms with van der Waals surface area (Å²) in [6, 6.07) is 0. The summed E-state index contributed by atoms with van der Waals surface area (Å²) >= 11 is 0. The SMILES string of the molecule is [B]N(C)C1=C(CC)C=CCC=C1. The van der Waals surface area contributed by atoms with E-state index in [2.05, 4.69) is 31.2 Å². The highest BCUT2D eigenvalue weighted by atomic mass is 15.0. The summed E-state index contributed by atoms with van der Waals surface area (Å²) in [5, 5.41) is 0. The largest absolute Gasteiger partial charge is 0.427 e. The Kier molecular flexibility index (Phi) is 3.21. The first-order valence-electron chi connectivity index (χ1n) is 4.30. The first-order chi connectivity index (χ1) is 5.75. The van der Waals surface area contributed by atoms with Crippen molar-refractivity contribution in [1.82, 2.24) is 4.81 Å². The minimum absolute atomic E-state index is 1.00. The number of hydrogen-bond acceptors (Lipinski definition) is 1. The Hall–Kier alpha value is -0.915. The molecule has 1 aliphatic rings. The fourth-order valence-corrected chi connectivity index (χ4v) is 1.30. The van der Waals surface area contributed by atoms with Crippen molar-refractivity contribution < 1.29 is 0 Å². The molecule has 1 nitrogen and oxygen atoms in total. The lowest BCUT2D eigenvalue weighted by Crippen LogP contribution is -2.13. The Labute approximate surface area is 75.9 Å². The van der Waals surface area contributed by atoms with E-state index in [1.165, 1.54) is 5.57 Å². The van der Waals surface area contributed by atoms with Crippen molar-refractivity contribution in [2.75, 3.05) is 7.05 Å². The molecule has 0 aromatic carbocycles. The molecule has 0 spiro atoms. The maximum absolute atomic E-state index is 5.69. The van der Waals surface area contributed by atoms with Crippen LogP contribution in [0, 0.1) is 0 Å². The highest BCUT2D eigenvalue weighted by molar-refractivity contribution is 6.05. The molecule has 0 unspecified atom stereocenters. The Morgan fingerprint density at radius 2 is 2.08 bits per heavy atom. The van der Waals surface area contributed by atoms with Crippen LogP contribution in [0.1, 0.15) is 19.8 Å². The van der Waals surface area contributed by atoms with Gasteiger partial charge in [0.1, 0.15) is 0 Å². The Bertz CT molecular complexity index is 236. The van der Waals surface area contributed by atoms with Crippen LogP contribution >= 0.6 is 0 Å². The van der Waals surface area contributed by atoms with Crippen LogP contribution in [0.3, 0.4) is 0 Å². The average molecular weight is 159 g/mol. The van der Waals surface area contributed by atoms with Crippen molar-refractivity contribution >= 4 is 7.98 Å². The molecule has 0 aromatic heterocycles. The van der Waals surface area contributed by atoms with Crippen LogP contribution in [0.15, 0.2) is 35.6 Å². The molecule has 0 amide bonds. The third-order valence-corrected chi connectivity index (χ3v) is 1.96. The molecule has 0 saturated carbocycles. The molecule has 0 atom stereocenters. The maximum Gasteiger partial charge on any atom is 0.226 e. The molecular formula is C10H14BN. The van der Waals surface area contributed by atoms with E-state index in [-0.39, 0.29) is 0 Å². The topological polar surface area (TPSA) is 3.24 Å². The van der Waals surface area contributed by atoms with Crippen LogP contribution in [0.2, 0.25) is 0 Å². The van der Waals surface area contributed by atoms with Crippen LogP contribution < -0.4 is 0 Å². The van der Waals surface area contributed by atoms with E-state index >= 15 is 0 Å². The van der Waals surface area contributed by atoms with Gasteiger partial charge in [0.25, 0.3) is 0 Å². The van der Waals surface area contributed by atoms with Gasteiger partial charge in [0.15, 0.2) is 0 Å². The molecule has 1 aliphatic carbocycles. The molecule has 0 fully saturated rings. The summed E-state index contributed by atoms with van der Waals surface area (Å²) in [4.78, 5) is 1.67. The van der Waals surface area contributed by atoms with E-state index in [1.54, 1.807) is 4.81 Å². The van der Waals surface area contributed by atoms with Crippen LogP contribution in [0.4, 0.5) is 0 Å². The zero-order chi connectivity index (χ0) is 8.97. The zero-order valence-electron chi connectivity index (χ0n) is 7.75. The molecule has 1 rings (SSSR count). The van der Waals surface area contributed by atoms with Gasteiger partial charge < -0.3 is 4.81 Å². The standard InChI is InChI=1S/C10H14BN/c1-3-9-7-5-4-6-8-10(9)12(2)11/h5-8H,3-4H2,1-2H3. The van der Waals surface area contributed by atoms with Gasteiger partial charge >= 0.3 is 0 Å². The first kappa shape index (κ1) is 9.18. The van der Waals surface area contributed by atoms with Gasteiger partial charge in [-0.1, -0.05) is 25.2 Å². The molecule has 2 radical (unpaired) electrons. The lowest BCUT2D eigenvalue weighted by molar-refractivity contribution is 0.690. The van der Waals surface area contributed by atoms with Crippen molar-refractivity contribution in [3.63, 3.8) is 0 Å². The monoisotopic (exact) mass is 159 g/mol. The van der Waals surface area contributed by atoms with Crippen molar-refractivity contribution in [2.45, 2.75) is 19.8 Å². The van der Waals surface area contributed by atoms with Crippen LogP contribution in [-0.4, -0.2) is 19.8 Å². The van der Waals surface area contributed by atoms with Crippen molar-refractivity contribution in [3.8, 4) is 0 Å². The molecule has 0 N–H and O–H groups in total. The van der Waals surface area contributed by atoms with Gasteiger partial charge in [-0.05, 0) is 31.5 Å². The van der Waals surface area contributed by atoms with Crippen molar-refractivity contribution in [3.05, 3.63) is 35.6 Å². The quantitative estimate of drug-likeness (QED) is 0.558. The Morgan fingerprint density at radius 1 is 1.42 bits per heavy atom. The van der Waals surface area contributed by atoms with Gasteiger partial charge in [-0.15, -0.1) is 0 Å². The predicted molar refractivity (Wildman–Crippen MR) is 53.7 cm³/mol. The maximum atomic E-state index is 5.69. The number of nitrogens with zero attached hydrogens (tertiary/aromatic N) is 1. The summed E-state index contributed by atoms with van der Waals surface area (Å²) in [6.45, 7) is 2.14. The fraction of sp³-hybridized carbons (Fsp3) is 0.400. The minimum Gasteiger partial charge on any atom is -0.427 e. The second-order valence-electron chi connectivity index (χ2n) is 2.92. The van der Waals surface area contributed by atoms with Crippen LogP contribution in [-0.2, 0) is 0 Å². The molecular weight excluding hydrogens is 145 g/mol. The van der Waals surface area contributed by atoms with E-state index in [1.807, 2.05) is 7.05 Å². The third-order valence-electron chi connectivity index (χ3n) is 1.96. The van der Waals surface area contributed by atoms with E-state index in [0.717, 1.165) is 18.5 Å². The summed E-state index contributed by atoms with van der Waals surface area (Å²) in [5.74, 6) is 0. The van der Waals surface area contributed by atoms with Gasteiger partial charge in [0.05, 0.1) is 0 Å². The zero-order valence-corrected chi connectivity index (χ0v) is 7.75. The van der Waals surface area contributed by atoms with Crippen molar-refractivity contribution in [2.24, 2.45) is 0 Å². The summed E-state index contributed by atoms with van der Waals surface area (Å²) in [5.41, 5.74) is 2.42. The van der Waals surface area contributed by atoms with Gasteiger partial charge in [-0.25, -0.2) is 0 Å². The summed E-state index contributed by atoms with van der Waals surface area (Å²) in [6.07, 6.45) is 10.5. The van der Waals surface area contributed by atoms with Crippen LogP contribution in [0.5, 0.6) is 0 Å². The molecule has 12 heavy (non-hydrogen) atoms. The summed E-state index contributed by atoms with van der Waals surface area (Å²) in [7, 11) is 7.56. The Morgan fingerprint density at radius 3 is 2.67 bits per heavy atom. The van der Waals surface area contributed by atoms with Gasteiger partial charge in [-0.3, -0.25) is 0 Å². The van der Waals surface area contributed by atoms with Gasteiger partial charge in [-0.2, -0.15) is 0 Å². The number of likely N-dealkylation sites (N-methyl/N-ethyl adjacent to an activating group) is 1. The van der Waals surface area contributed by atoms with E-state index in [9.17, 15) is 0 Å². The lowest BCUT2D eigenvalue weighted by atomic mass is 10.1. The predicted octanol–water partition coefficient (Wildman–Crippen LogP) is 2.18. The highest BCUT2D eigenvalue weighted by Crippen LogP contribution is 2.16. The second kappa shape index (κ2) is 4.20. The smallest absolute Gasteiger partial charge is 0.226 e. The molecule has 0 heterocycles. The Balaban J connectivity index is 2.98. The van der Waals surface area contributed by atoms with Crippen LogP contribution in [0.25, 0.3) is 0 Å². The normalized spacial score (nSPS) is 16.5. The minimum atomic E-state index is 1.00.